The van der Waals surface area contributed by atoms with E-state index >= 15 is 0 Å². The largest absolute Gasteiger partial charge is 0.381 e. The van der Waals surface area contributed by atoms with E-state index in [1.165, 1.54) is 0 Å². The van der Waals surface area contributed by atoms with Gasteiger partial charge in [-0.05, 0) is 6.92 Å². The van der Waals surface area contributed by atoms with Gasteiger partial charge in [-0.2, -0.15) is 0 Å². The first-order valence-electron chi connectivity index (χ1n) is 2.99. The van der Waals surface area contributed by atoms with Gasteiger partial charge in [-0.15, -0.1) is 0 Å². The molecule has 0 saturated heterocycles. The van der Waals surface area contributed by atoms with Crippen molar-refractivity contribution in [1.29, 1.82) is 0 Å². The van der Waals surface area contributed by atoms with Crippen LogP contribution in [0.15, 0.2) is 16.5 Å². The second-order valence-corrected chi connectivity index (χ2v) is 1.92. The van der Waals surface area contributed by atoms with Crippen LogP contribution in [0.2, 0.25) is 0 Å². The second-order valence-electron chi connectivity index (χ2n) is 1.92. The molecule has 1 heterocycles. The zero-order valence-corrected chi connectivity index (χ0v) is 5.73. The lowest BCUT2D eigenvalue weighted by Crippen LogP contribution is -2.23. The first kappa shape index (κ1) is 6.13. The molecule has 2 N–H and O–H groups in total. The van der Waals surface area contributed by atoms with Crippen LogP contribution in [-0.4, -0.2) is 19.8 Å². The van der Waals surface area contributed by atoms with Gasteiger partial charge in [0.2, 0.25) is 0 Å². The predicted octanol–water partition coefficient (Wildman–Crippen LogP) is 0.0688. The summed E-state index contributed by atoms with van der Waals surface area (Å²) in [5.41, 5.74) is 1.11. The lowest BCUT2D eigenvalue weighted by molar-refractivity contribution is 0.820. The molecule has 0 bridgehead atoms. The maximum atomic E-state index is 4.11. The quantitative estimate of drug-likeness (QED) is 0.520. The van der Waals surface area contributed by atoms with E-state index in [0.717, 1.165) is 18.1 Å². The van der Waals surface area contributed by atoms with Crippen LogP contribution in [-0.2, 0) is 0 Å². The summed E-state index contributed by atoms with van der Waals surface area (Å²) in [4.78, 5) is 4.11. The smallest absolute Gasteiger partial charge is 0.144 e. The molecule has 0 aliphatic carbocycles. The van der Waals surface area contributed by atoms with E-state index in [2.05, 4.69) is 15.6 Å². The summed E-state index contributed by atoms with van der Waals surface area (Å²) in [6.07, 6.45) is 1.85. The van der Waals surface area contributed by atoms with Crippen molar-refractivity contribution in [2.24, 2.45) is 4.99 Å². The van der Waals surface area contributed by atoms with E-state index in [9.17, 15) is 0 Å². The number of rotatable bonds is 1. The normalized spacial score (nSPS) is 17.6. The molecule has 0 atom stereocenters. The monoisotopic (exact) mass is 125 g/mol. The molecule has 0 radical (unpaired) electrons. The van der Waals surface area contributed by atoms with Gasteiger partial charge in [-0.3, -0.25) is 0 Å². The first-order valence-corrected chi connectivity index (χ1v) is 2.99. The number of nitrogens with zero attached hydrogens (tertiary/aromatic N) is 1. The average molecular weight is 125 g/mol. The Balaban J connectivity index is 2.72. The van der Waals surface area contributed by atoms with Gasteiger partial charge < -0.3 is 10.6 Å². The standard InChI is InChI=1S/C6H11N3/c1-5-6(7-2)9-4-3-8-5/h4,7-8H,3H2,1-2H3. The predicted molar refractivity (Wildman–Crippen MR) is 38.3 cm³/mol. The highest BCUT2D eigenvalue weighted by molar-refractivity contribution is 5.63. The highest BCUT2D eigenvalue weighted by atomic mass is 15.1. The number of nitrogens with one attached hydrogen (secondary N) is 2. The molecule has 0 fully saturated rings. The van der Waals surface area contributed by atoms with E-state index in [-0.39, 0.29) is 0 Å². The molecule has 1 aliphatic heterocycles. The van der Waals surface area contributed by atoms with Crippen LogP contribution in [0.4, 0.5) is 0 Å². The Kier molecular flexibility index (Phi) is 1.72. The van der Waals surface area contributed by atoms with Gasteiger partial charge >= 0.3 is 0 Å². The summed E-state index contributed by atoms with van der Waals surface area (Å²) >= 11 is 0. The van der Waals surface area contributed by atoms with Crippen LogP contribution < -0.4 is 10.6 Å². The Morgan fingerprint density at radius 2 is 2.56 bits per heavy atom. The fourth-order valence-corrected chi connectivity index (χ4v) is 0.768. The van der Waals surface area contributed by atoms with Gasteiger partial charge in [-0.25, -0.2) is 4.99 Å². The molecule has 1 rings (SSSR count). The topological polar surface area (TPSA) is 36.4 Å². The van der Waals surface area contributed by atoms with Crippen LogP contribution in [0, 0.1) is 0 Å². The van der Waals surface area contributed by atoms with Crippen molar-refractivity contribution < 1.29 is 0 Å². The first-order chi connectivity index (χ1) is 4.34. The molecular weight excluding hydrogens is 114 g/mol. The highest BCUT2D eigenvalue weighted by Crippen LogP contribution is 1.99. The minimum atomic E-state index is 0.844. The van der Waals surface area contributed by atoms with E-state index in [1.54, 1.807) is 0 Å². The summed E-state index contributed by atoms with van der Waals surface area (Å²) in [5, 5.41) is 6.12. The van der Waals surface area contributed by atoms with Gasteiger partial charge in [0.1, 0.15) is 5.82 Å². The minimum Gasteiger partial charge on any atom is -0.381 e. The number of allylic oxidation sites excluding steroid dienone is 1. The number of hydrogen-bond donors (Lipinski definition) is 2. The third kappa shape index (κ3) is 1.22. The SMILES string of the molecule is CNC1=C(C)NCC=N1. The van der Waals surface area contributed by atoms with Crippen LogP contribution in [0.5, 0.6) is 0 Å². The van der Waals surface area contributed by atoms with Crippen LogP contribution in [0.25, 0.3) is 0 Å². The minimum absolute atomic E-state index is 0.844. The zero-order chi connectivity index (χ0) is 6.69. The molecule has 0 amide bonds. The summed E-state index contributed by atoms with van der Waals surface area (Å²) in [6.45, 7) is 2.85. The summed E-state index contributed by atoms with van der Waals surface area (Å²) in [6, 6.07) is 0. The second kappa shape index (κ2) is 2.53. The number of aliphatic imine (C=N–C) groups is 1. The Morgan fingerprint density at radius 1 is 1.78 bits per heavy atom. The molecule has 3 heteroatoms. The molecule has 1 aliphatic rings. The van der Waals surface area contributed by atoms with E-state index in [4.69, 9.17) is 0 Å². The van der Waals surface area contributed by atoms with Crippen molar-refractivity contribution in [3.05, 3.63) is 11.5 Å². The van der Waals surface area contributed by atoms with Gasteiger partial charge in [-0.1, -0.05) is 0 Å². The van der Waals surface area contributed by atoms with Crippen LogP contribution >= 0.6 is 0 Å². The lowest BCUT2D eigenvalue weighted by atomic mass is 10.4. The van der Waals surface area contributed by atoms with Gasteiger partial charge in [0, 0.05) is 13.3 Å². The maximum Gasteiger partial charge on any atom is 0.144 e. The van der Waals surface area contributed by atoms with Gasteiger partial charge in [0.25, 0.3) is 0 Å². The Hall–Kier alpha value is -0.990. The van der Waals surface area contributed by atoms with Crippen molar-refractivity contribution >= 4 is 6.21 Å². The average Bonchev–Trinajstić information content (AvgIpc) is 1.89. The summed E-state index contributed by atoms with van der Waals surface area (Å²) in [5.74, 6) is 0.932. The van der Waals surface area contributed by atoms with E-state index in [1.807, 2.05) is 20.2 Å². The maximum absolute atomic E-state index is 4.11. The van der Waals surface area contributed by atoms with Crippen molar-refractivity contribution in [3.63, 3.8) is 0 Å². The molecule has 0 aromatic carbocycles. The third-order valence-corrected chi connectivity index (χ3v) is 1.27. The zero-order valence-electron chi connectivity index (χ0n) is 5.73. The molecule has 0 aromatic rings. The van der Waals surface area contributed by atoms with Gasteiger partial charge in [0.05, 0.1) is 12.2 Å². The molecule has 50 valence electrons. The number of hydrogen-bond acceptors (Lipinski definition) is 3. The highest BCUT2D eigenvalue weighted by Gasteiger charge is 1.99. The molecule has 0 saturated carbocycles. The Bertz CT molecular complexity index is 158. The van der Waals surface area contributed by atoms with Crippen LogP contribution in [0.3, 0.4) is 0 Å². The van der Waals surface area contributed by atoms with Crippen molar-refractivity contribution in [2.45, 2.75) is 6.92 Å². The molecule has 0 unspecified atom stereocenters. The Morgan fingerprint density at radius 3 is 3.00 bits per heavy atom. The van der Waals surface area contributed by atoms with Crippen molar-refractivity contribution in [2.75, 3.05) is 13.6 Å². The van der Waals surface area contributed by atoms with Crippen molar-refractivity contribution in [3.8, 4) is 0 Å². The fraction of sp³-hybridized carbons (Fsp3) is 0.500. The van der Waals surface area contributed by atoms with Crippen LogP contribution in [0.1, 0.15) is 6.92 Å². The summed E-state index contributed by atoms with van der Waals surface area (Å²) in [7, 11) is 1.86. The molecule has 0 spiro atoms. The van der Waals surface area contributed by atoms with E-state index in [0.29, 0.717) is 0 Å². The summed E-state index contributed by atoms with van der Waals surface area (Å²) < 4.78 is 0. The van der Waals surface area contributed by atoms with Gasteiger partial charge in [0.15, 0.2) is 0 Å². The lowest BCUT2D eigenvalue weighted by Gasteiger charge is -2.12. The Labute approximate surface area is 54.9 Å². The molecule has 3 nitrogen and oxygen atoms in total. The molecule has 0 aromatic heterocycles. The van der Waals surface area contributed by atoms with Crippen molar-refractivity contribution in [1.82, 2.24) is 10.6 Å². The fourth-order valence-electron chi connectivity index (χ4n) is 0.768. The van der Waals surface area contributed by atoms with E-state index < -0.39 is 0 Å². The molecular formula is C6H11N3. The molecule has 9 heavy (non-hydrogen) atoms. The third-order valence-electron chi connectivity index (χ3n) is 1.27.